The van der Waals surface area contributed by atoms with E-state index in [4.69, 9.17) is 10.7 Å². The van der Waals surface area contributed by atoms with Crippen LogP contribution in [0.5, 0.6) is 0 Å². The SMILES string of the molecule is Cc1cccc2nc(Cc3ccc(F)cc3)c(CCN)n12. The smallest absolute Gasteiger partial charge is 0.137 e. The summed E-state index contributed by atoms with van der Waals surface area (Å²) in [6.07, 6.45) is 1.47. The van der Waals surface area contributed by atoms with Crippen LogP contribution in [0.2, 0.25) is 0 Å². The molecule has 0 fully saturated rings. The molecule has 0 spiro atoms. The molecule has 108 valence electrons. The van der Waals surface area contributed by atoms with Gasteiger partial charge in [0.25, 0.3) is 0 Å². The Kier molecular flexibility index (Phi) is 3.71. The Morgan fingerprint density at radius 2 is 1.90 bits per heavy atom. The van der Waals surface area contributed by atoms with Crippen molar-refractivity contribution in [2.45, 2.75) is 19.8 Å². The molecular weight excluding hydrogens is 265 g/mol. The van der Waals surface area contributed by atoms with Crippen LogP contribution in [0.15, 0.2) is 42.5 Å². The number of hydrogen-bond donors (Lipinski definition) is 1. The van der Waals surface area contributed by atoms with Crippen molar-refractivity contribution >= 4 is 5.65 Å². The fraction of sp³-hybridized carbons (Fsp3) is 0.235. The van der Waals surface area contributed by atoms with Crippen molar-refractivity contribution in [1.29, 1.82) is 0 Å². The van der Waals surface area contributed by atoms with Gasteiger partial charge in [0.15, 0.2) is 0 Å². The Balaban J connectivity index is 2.06. The number of hydrogen-bond acceptors (Lipinski definition) is 2. The molecule has 1 aromatic carbocycles. The largest absolute Gasteiger partial charge is 0.330 e. The second-order valence-corrected chi connectivity index (χ2v) is 5.21. The van der Waals surface area contributed by atoms with E-state index >= 15 is 0 Å². The summed E-state index contributed by atoms with van der Waals surface area (Å²) in [5.74, 6) is -0.216. The van der Waals surface area contributed by atoms with Gasteiger partial charge in [-0.1, -0.05) is 18.2 Å². The fourth-order valence-corrected chi connectivity index (χ4v) is 2.70. The molecule has 21 heavy (non-hydrogen) atoms. The van der Waals surface area contributed by atoms with Crippen molar-refractivity contribution in [3.8, 4) is 0 Å². The number of fused-ring (bicyclic) bond motifs is 1. The van der Waals surface area contributed by atoms with Gasteiger partial charge >= 0.3 is 0 Å². The number of aryl methyl sites for hydroxylation is 1. The molecule has 0 aliphatic rings. The number of imidazole rings is 1. The molecule has 0 saturated heterocycles. The molecule has 3 aromatic rings. The first-order valence-corrected chi connectivity index (χ1v) is 7.09. The zero-order valence-corrected chi connectivity index (χ0v) is 12.0. The summed E-state index contributed by atoms with van der Waals surface area (Å²) in [4.78, 5) is 4.72. The van der Waals surface area contributed by atoms with Gasteiger partial charge in [-0.15, -0.1) is 0 Å². The van der Waals surface area contributed by atoms with Crippen LogP contribution in [0.25, 0.3) is 5.65 Å². The number of halogens is 1. The van der Waals surface area contributed by atoms with Gasteiger partial charge < -0.3 is 10.1 Å². The number of pyridine rings is 1. The maximum atomic E-state index is 13.0. The average molecular weight is 283 g/mol. The molecule has 0 saturated carbocycles. The van der Waals surface area contributed by atoms with E-state index in [-0.39, 0.29) is 5.82 Å². The normalized spacial score (nSPS) is 11.2. The summed E-state index contributed by atoms with van der Waals surface area (Å²) in [7, 11) is 0. The fourth-order valence-electron chi connectivity index (χ4n) is 2.70. The lowest BCUT2D eigenvalue weighted by molar-refractivity contribution is 0.627. The van der Waals surface area contributed by atoms with Crippen molar-refractivity contribution in [3.05, 3.63) is 70.9 Å². The second-order valence-electron chi connectivity index (χ2n) is 5.21. The quantitative estimate of drug-likeness (QED) is 0.800. The number of rotatable bonds is 4. The molecule has 0 amide bonds. The zero-order chi connectivity index (χ0) is 14.8. The molecule has 0 radical (unpaired) electrons. The lowest BCUT2D eigenvalue weighted by Gasteiger charge is -2.06. The van der Waals surface area contributed by atoms with E-state index in [2.05, 4.69) is 17.4 Å². The third-order valence-corrected chi connectivity index (χ3v) is 3.68. The van der Waals surface area contributed by atoms with Crippen molar-refractivity contribution in [1.82, 2.24) is 9.38 Å². The maximum absolute atomic E-state index is 13.0. The van der Waals surface area contributed by atoms with E-state index in [1.165, 1.54) is 12.1 Å². The molecule has 4 heteroatoms. The van der Waals surface area contributed by atoms with Crippen LogP contribution in [0, 0.1) is 12.7 Å². The standard InChI is InChI=1S/C17H18FN3/c1-12-3-2-4-17-20-15(16(9-10-19)21(12)17)11-13-5-7-14(18)8-6-13/h2-8H,9-11,19H2,1H3. The molecule has 0 aliphatic carbocycles. The summed E-state index contributed by atoms with van der Waals surface area (Å²) in [6.45, 7) is 2.65. The van der Waals surface area contributed by atoms with Crippen LogP contribution in [0.3, 0.4) is 0 Å². The van der Waals surface area contributed by atoms with Crippen LogP contribution in [-0.2, 0) is 12.8 Å². The third kappa shape index (κ3) is 2.67. The molecule has 0 unspecified atom stereocenters. The van der Waals surface area contributed by atoms with Crippen LogP contribution >= 0.6 is 0 Å². The summed E-state index contributed by atoms with van der Waals surface area (Å²) in [6, 6.07) is 12.7. The van der Waals surface area contributed by atoms with E-state index in [9.17, 15) is 4.39 Å². The molecule has 2 heterocycles. The predicted octanol–water partition coefficient (Wildman–Crippen LogP) is 2.87. The Bertz CT molecular complexity index is 760. The van der Waals surface area contributed by atoms with Crippen LogP contribution in [0.4, 0.5) is 4.39 Å². The number of nitrogens with zero attached hydrogens (tertiary/aromatic N) is 2. The van der Waals surface area contributed by atoms with Gasteiger partial charge in [0.05, 0.1) is 5.69 Å². The summed E-state index contributed by atoms with van der Waals surface area (Å²) >= 11 is 0. The maximum Gasteiger partial charge on any atom is 0.137 e. The van der Waals surface area contributed by atoms with Gasteiger partial charge in [-0.05, 0) is 43.3 Å². The summed E-state index contributed by atoms with van der Waals surface area (Å²) in [5, 5.41) is 0. The lowest BCUT2D eigenvalue weighted by atomic mass is 10.1. The molecule has 3 rings (SSSR count). The highest BCUT2D eigenvalue weighted by Crippen LogP contribution is 2.19. The van der Waals surface area contributed by atoms with Gasteiger partial charge in [0.1, 0.15) is 11.5 Å². The molecule has 0 aliphatic heterocycles. The van der Waals surface area contributed by atoms with Gasteiger partial charge in [-0.3, -0.25) is 0 Å². The molecule has 0 bridgehead atoms. The topological polar surface area (TPSA) is 43.3 Å². The predicted molar refractivity (Wildman–Crippen MR) is 81.9 cm³/mol. The van der Waals surface area contributed by atoms with Crippen LogP contribution in [0.1, 0.15) is 22.6 Å². The average Bonchev–Trinajstić information content (AvgIpc) is 2.81. The van der Waals surface area contributed by atoms with Crippen molar-refractivity contribution in [2.24, 2.45) is 5.73 Å². The Hall–Kier alpha value is -2.20. The zero-order valence-electron chi connectivity index (χ0n) is 12.0. The van der Waals surface area contributed by atoms with Gasteiger partial charge in [0, 0.05) is 24.2 Å². The minimum absolute atomic E-state index is 0.216. The number of nitrogens with two attached hydrogens (primary N) is 1. The highest BCUT2D eigenvalue weighted by Gasteiger charge is 2.13. The molecule has 0 atom stereocenters. The van der Waals surface area contributed by atoms with E-state index in [0.29, 0.717) is 13.0 Å². The highest BCUT2D eigenvalue weighted by molar-refractivity contribution is 5.46. The van der Waals surface area contributed by atoms with Crippen molar-refractivity contribution in [3.63, 3.8) is 0 Å². The minimum atomic E-state index is -0.216. The van der Waals surface area contributed by atoms with Crippen molar-refractivity contribution in [2.75, 3.05) is 6.54 Å². The van der Waals surface area contributed by atoms with Gasteiger partial charge in [0.2, 0.25) is 0 Å². The van der Waals surface area contributed by atoms with Crippen molar-refractivity contribution < 1.29 is 4.39 Å². The minimum Gasteiger partial charge on any atom is -0.330 e. The Morgan fingerprint density at radius 3 is 2.62 bits per heavy atom. The highest BCUT2D eigenvalue weighted by atomic mass is 19.1. The Labute approximate surface area is 123 Å². The molecule has 2 aromatic heterocycles. The first kappa shape index (κ1) is 13.8. The lowest BCUT2D eigenvalue weighted by Crippen LogP contribution is -2.08. The third-order valence-electron chi connectivity index (χ3n) is 3.68. The number of aromatic nitrogens is 2. The first-order valence-electron chi connectivity index (χ1n) is 7.09. The van der Waals surface area contributed by atoms with Crippen LogP contribution in [-0.4, -0.2) is 15.9 Å². The number of benzene rings is 1. The molecule has 3 nitrogen and oxygen atoms in total. The molecular formula is C17H18FN3. The second kappa shape index (κ2) is 5.66. The van der Waals surface area contributed by atoms with E-state index in [1.807, 2.05) is 12.1 Å². The Morgan fingerprint density at radius 1 is 1.14 bits per heavy atom. The van der Waals surface area contributed by atoms with E-state index < -0.39 is 0 Å². The van der Waals surface area contributed by atoms with Crippen LogP contribution < -0.4 is 5.73 Å². The summed E-state index contributed by atoms with van der Waals surface area (Å²) in [5.41, 5.74) is 11.1. The summed E-state index contributed by atoms with van der Waals surface area (Å²) < 4.78 is 15.2. The van der Waals surface area contributed by atoms with Gasteiger partial charge in [-0.25, -0.2) is 9.37 Å². The van der Waals surface area contributed by atoms with Gasteiger partial charge in [-0.2, -0.15) is 0 Å². The monoisotopic (exact) mass is 283 g/mol. The molecule has 2 N–H and O–H groups in total. The van der Waals surface area contributed by atoms with E-state index in [1.54, 1.807) is 12.1 Å². The first-order chi connectivity index (χ1) is 10.2. The van der Waals surface area contributed by atoms with E-state index in [0.717, 1.165) is 34.7 Å².